The van der Waals surface area contributed by atoms with E-state index in [0.717, 1.165) is 10.9 Å². The molecule has 0 fully saturated rings. The molecule has 3 heterocycles. The van der Waals surface area contributed by atoms with Crippen molar-refractivity contribution in [2.75, 3.05) is 11.4 Å². The van der Waals surface area contributed by atoms with Crippen molar-refractivity contribution in [2.24, 2.45) is 0 Å². The van der Waals surface area contributed by atoms with Crippen LogP contribution < -0.4 is 4.90 Å². The zero-order valence-corrected chi connectivity index (χ0v) is 16.8. The first kappa shape index (κ1) is 22.1. The Kier molecular flexibility index (Phi) is 5.40. The second-order valence-corrected chi connectivity index (χ2v) is 7.58. The highest BCUT2D eigenvalue weighted by atomic mass is 35.5. The summed E-state index contributed by atoms with van der Waals surface area (Å²) < 4.78 is 79.3. The van der Waals surface area contributed by atoms with Crippen LogP contribution in [0.1, 0.15) is 41.8 Å². The third-order valence-electron chi connectivity index (χ3n) is 5.13. The molecule has 1 unspecified atom stereocenters. The monoisotopic (exact) mass is 474 g/mol. The molecule has 0 spiro atoms. The number of nitrogens with zero attached hydrogens (tertiary/aromatic N) is 5. The van der Waals surface area contributed by atoms with Crippen LogP contribution in [-0.2, 0) is 18.8 Å². The van der Waals surface area contributed by atoms with Crippen molar-refractivity contribution in [3.05, 3.63) is 46.1 Å². The van der Waals surface area contributed by atoms with Gasteiger partial charge in [0.25, 0.3) is 0 Å². The molecule has 0 saturated heterocycles. The molecular formula is C19H13ClF6N6. The van der Waals surface area contributed by atoms with Crippen LogP contribution >= 0.6 is 11.6 Å². The minimum atomic E-state index is -5.20. The molecule has 2 aromatic heterocycles. The number of anilines is 1. The molecule has 1 aromatic carbocycles. The van der Waals surface area contributed by atoms with E-state index in [9.17, 15) is 26.3 Å². The fraction of sp³-hybridized carbons (Fsp3) is 0.368. The lowest BCUT2D eigenvalue weighted by atomic mass is 9.95. The van der Waals surface area contributed by atoms with E-state index in [0.29, 0.717) is 22.7 Å². The molecule has 0 saturated carbocycles. The number of benzene rings is 1. The van der Waals surface area contributed by atoms with Crippen LogP contribution in [0.15, 0.2) is 18.2 Å². The molecule has 32 heavy (non-hydrogen) atoms. The maximum Gasteiger partial charge on any atom is 0.451 e. The van der Waals surface area contributed by atoms with E-state index in [-0.39, 0.29) is 19.4 Å². The van der Waals surface area contributed by atoms with Gasteiger partial charge in [-0.3, -0.25) is 0 Å². The van der Waals surface area contributed by atoms with Gasteiger partial charge in [-0.1, -0.05) is 11.6 Å². The number of fused-ring (bicyclic) bond motifs is 3. The lowest BCUT2D eigenvalue weighted by Gasteiger charge is -2.36. The number of aromatic nitrogens is 4. The number of alkyl halides is 6. The highest BCUT2D eigenvalue weighted by molar-refractivity contribution is 6.31. The molecule has 13 heteroatoms. The van der Waals surface area contributed by atoms with E-state index in [1.807, 2.05) is 6.07 Å². The molecule has 4 rings (SSSR count). The molecule has 1 atom stereocenters. The Morgan fingerprint density at radius 3 is 2.34 bits per heavy atom. The Balaban J connectivity index is 1.86. The molecule has 6 nitrogen and oxygen atoms in total. The van der Waals surface area contributed by atoms with Crippen LogP contribution in [0, 0.1) is 11.3 Å². The SMILES string of the molecule is N#CCCC1c2[nH]c3ccc(Cl)cc3c2CCN1c1nc(C(F)(F)F)nc(C(F)(F)F)n1. The van der Waals surface area contributed by atoms with Crippen molar-refractivity contribution in [3.8, 4) is 6.07 Å². The lowest BCUT2D eigenvalue weighted by molar-refractivity contribution is -0.155. The van der Waals surface area contributed by atoms with Gasteiger partial charge in [0.05, 0.1) is 12.1 Å². The normalized spacial score (nSPS) is 16.8. The molecule has 0 amide bonds. The fourth-order valence-corrected chi connectivity index (χ4v) is 4.00. The van der Waals surface area contributed by atoms with E-state index in [1.165, 1.54) is 4.90 Å². The van der Waals surface area contributed by atoms with Gasteiger partial charge in [-0.25, -0.2) is 4.98 Å². The Morgan fingerprint density at radius 1 is 1.09 bits per heavy atom. The van der Waals surface area contributed by atoms with E-state index in [1.54, 1.807) is 18.2 Å². The molecule has 1 aliphatic heterocycles. The van der Waals surface area contributed by atoms with E-state index in [4.69, 9.17) is 16.9 Å². The zero-order chi connectivity index (χ0) is 23.3. The van der Waals surface area contributed by atoms with Gasteiger partial charge < -0.3 is 9.88 Å². The maximum absolute atomic E-state index is 13.2. The number of aromatic amines is 1. The van der Waals surface area contributed by atoms with Crippen LogP contribution in [0.3, 0.4) is 0 Å². The first-order valence-electron chi connectivity index (χ1n) is 9.33. The maximum atomic E-state index is 13.2. The third kappa shape index (κ3) is 4.04. The molecule has 168 valence electrons. The molecule has 0 bridgehead atoms. The summed E-state index contributed by atoms with van der Waals surface area (Å²) in [6.45, 7) is 0.0428. The summed E-state index contributed by atoms with van der Waals surface area (Å²) >= 11 is 6.08. The Morgan fingerprint density at radius 2 is 1.75 bits per heavy atom. The quantitative estimate of drug-likeness (QED) is 0.510. The number of rotatable bonds is 3. The molecule has 3 aromatic rings. The summed E-state index contributed by atoms with van der Waals surface area (Å²) in [6.07, 6.45) is -9.94. The average molecular weight is 475 g/mol. The van der Waals surface area contributed by atoms with Gasteiger partial charge in [0, 0.05) is 34.6 Å². The topological polar surface area (TPSA) is 81.5 Å². The van der Waals surface area contributed by atoms with Gasteiger partial charge in [-0.15, -0.1) is 0 Å². The summed E-state index contributed by atoms with van der Waals surface area (Å²) in [4.78, 5) is 13.6. The number of nitrogens with one attached hydrogen (secondary N) is 1. The molecule has 0 radical (unpaired) electrons. The third-order valence-corrected chi connectivity index (χ3v) is 5.37. The molecule has 1 N–H and O–H groups in total. The highest BCUT2D eigenvalue weighted by Crippen LogP contribution is 2.40. The molecular weight excluding hydrogens is 462 g/mol. The standard InChI is InChI=1S/C19H13ClF6N6/c20-9-3-4-12-11(8-9)10-5-7-32(13(2-1-6-27)14(10)28-12)17-30-15(18(21,22)23)29-16(31-17)19(24,25)26/h3-4,8,13,28H,1-2,5,7H2. The van der Waals surface area contributed by atoms with Crippen LogP contribution in [0.5, 0.6) is 0 Å². The van der Waals surface area contributed by atoms with Gasteiger partial charge in [0.2, 0.25) is 17.6 Å². The van der Waals surface area contributed by atoms with Gasteiger partial charge in [-0.2, -0.15) is 41.6 Å². The minimum Gasteiger partial charge on any atom is -0.356 e. The Hall–Kier alpha value is -3.07. The average Bonchev–Trinajstić information content (AvgIpc) is 3.08. The lowest BCUT2D eigenvalue weighted by Crippen LogP contribution is -2.38. The van der Waals surface area contributed by atoms with E-state index in [2.05, 4.69) is 19.9 Å². The van der Waals surface area contributed by atoms with Gasteiger partial charge in [0.15, 0.2) is 0 Å². The van der Waals surface area contributed by atoms with E-state index < -0.39 is 36.0 Å². The van der Waals surface area contributed by atoms with Crippen molar-refractivity contribution in [3.63, 3.8) is 0 Å². The summed E-state index contributed by atoms with van der Waals surface area (Å²) in [5.41, 5.74) is 2.12. The largest absolute Gasteiger partial charge is 0.451 e. The first-order chi connectivity index (χ1) is 15.0. The number of halogens is 7. The second-order valence-electron chi connectivity index (χ2n) is 7.14. The minimum absolute atomic E-state index is 0.0140. The summed E-state index contributed by atoms with van der Waals surface area (Å²) in [7, 11) is 0. The van der Waals surface area contributed by atoms with Crippen LogP contribution in [0.25, 0.3) is 10.9 Å². The molecule has 0 aliphatic carbocycles. The van der Waals surface area contributed by atoms with Crippen molar-refractivity contribution in [1.82, 2.24) is 19.9 Å². The highest BCUT2D eigenvalue weighted by Gasteiger charge is 2.43. The number of H-pyrrole nitrogens is 1. The van der Waals surface area contributed by atoms with Gasteiger partial charge >= 0.3 is 12.4 Å². The van der Waals surface area contributed by atoms with Crippen LogP contribution in [0.2, 0.25) is 5.02 Å². The number of hydrogen-bond acceptors (Lipinski definition) is 5. The van der Waals surface area contributed by atoms with Crippen molar-refractivity contribution in [2.45, 2.75) is 37.7 Å². The van der Waals surface area contributed by atoms with Crippen molar-refractivity contribution < 1.29 is 26.3 Å². The Bertz CT molecular complexity index is 1180. The van der Waals surface area contributed by atoms with E-state index >= 15 is 0 Å². The fourth-order valence-electron chi connectivity index (χ4n) is 3.83. The predicted molar refractivity (Wildman–Crippen MR) is 102 cm³/mol. The number of hydrogen-bond donors (Lipinski definition) is 1. The van der Waals surface area contributed by atoms with Gasteiger partial charge in [0.1, 0.15) is 0 Å². The first-order valence-corrected chi connectivity index (χ1v) is 9.71. The molecule has 1 aliphatic rings. The zero-order valence-electron chi connectivity index (χ0n) is 16.0. The summed E-state index contributed by atoms with van der Waals surface area (Å²) in [5.74, 6) is -4.60. The van der Waals surface area contributed by atoms with Crippen molar-refractivity contribution in [1.29, 1.82) is 5.26 Å². The van der Waals surface area contributed by atoms with Crippen molar-refractivity contribution >= 4 is 28.5 Å². The second kappa shape index (κ2) is 7.81. The summed E-state index contributed by atoms with van der Waals surface area (Å²) in [5, 5.41) is 10.3. The predicted octanol–water partition coefficient (Wildman–Crippen LogP) is 5.45. The van der Waals surface area contributed by atoms with Crippen LogP contribution in [-0.4, -0.2) is 26.5 Å². The number of nitriles is 1. The summed E-state index contributed by atoms with van der Waals surface area (Å²) in [6, 6.07) is 6.34. The Labute approximate surface area is 181 Å². The van der Waals surface area contributed by atoms with Crippen LogP contribution in [0.4, 0.5) is 32.3 Å². The van der Waals surface area contributed by atoms with Gasteiger partial charge in [-0.05, 0) is 36.6 Å². The smallest absolute Gasteiger partial charge is 0.356 e.